The number of rotatable bonds is 2. The van der Waals surface area contributed by atoms with Gasteiger partial charge in [-0.05, 0) is 51.6 Å². The summed E-state index contributed by atoms with van der Waals surface area (Å²) in [5.74, 6) is 0. The molecule has 0 radical (unpaired) electrons. The lowest BCUT2D eigenvalue weighted by molar-refractivity contribution is 0.153. The summed E-state index contributed by atoms with van der Waals surface area (Å²) in [5.41, 5.74) is 2.56. The van der Waals surface area contributed by atoms with Gasteiger partial charge in [0.25, 0.3) is 0 Å². The van der Waals surface area contributed by atoms with Crippen molar-refractivity contribution in [3.05, 3.63) is 28.2 Å². The average Bonchev–Trinajstić information content (AvgIpc) is 2.36. The van der Waals surface area contributed by atoms with Gasteiger partial charge in [-0.2, -0.15) is 5.26 Å². The Bertz CT molecular complexity index is 533. The van der Waals surface area contributed by atoms with Crippen molar-refractivity contribution in [3.8, 4) is 6.07 Å². The molecule has 1 fully saturated rings. The molecule has 0 bridgehead atoms. The van der Waals surface area contributed by atoms with Crippen LogP contribution in [0.5, 0.6) is 0 Å². The first-order valence-corrected chi connectivity index (χ1v) is 7.75. The Hall–Kier alpha value is -1.05. The van der Waals surface area contributed by atoms with Gasteiger partial charge in [0.2, 0.25) is 0 Å². The number of halogens is 1. The summed E-state index contributed by atoms with van der Waals surface area (Å²) in [7, 11) is 2.12. The predicted molar refractivity (Wildman–Crippen MR) is 87.0 cm³/mol. The van der Waals surface area contributed by atoms with Crippen LogP contribution < -0.4 is 4.90 Å². The van der Waals surface area contributed by atoms with E-state index in [1.54, 1.807) is 0 Å². The molecule has 0 aromatic heterocycles. The molecule has 1 atom stereocenters. The standard InChI is InChI=1S/C16H22BrN3/c1-12-9-13(5-6-15(12)17)20-10-14(7-8-18)19(4)11-16(20,2)3/h5-6,9,14H,7,10-11H2,1-4H3. The van der Waals surface area contributed by atoms with Crippen LogP contribution in [0.4, 0.5) is 5.69 Å². The molecule has 1 aliphatic heterocycles. The van der Waals surface area contributed by atoms with Gasteiger partial charge < -0.3 is 4.90 Å². The Kier molecular flexibility index (Phi) is 4.41. The molecule has 20 heavy (non-hydrogen) atoms. The highest BCUT2D eigenvalue weighted by Gasteiger charge is 2.37. The van der Waals surface area contributed by atoms with E-state index in [1.807, 2.05) is 0 Å². The van der Waals surface area contributed by atoms with Crippen molar-refractivity contribution < 1.29 is 0 Å². The molecule has 3 nitrogen and oxygen atoms in total. The largest absolute Gasteiger partial charge is 0.364 e. The third-order valence-corrected chi connectivity index (χ3v) is 5.05. The minimum absolute atomic E-state index is 0.0704. The van der Waals surface area contributed by atoms with Gasteiger partial charge >= 0.3 is 0 Å². The van der Waals surface area contributed by atoms with E-state index in [1.165, 1.54) is 11.3 Å². The topological polar surface area (TPSA) is 30.3 Å². The smallest absolute Gasteiger partial charge is 0.0638 e. The zero-order chi connectivity index (χ0) is 14.9. The Morgan fingerprint density at radius 1 is 1.45 bits per heavy atom. The van der Waals surface area contributed by atoms with E-state index in [2.05, 4.69) is 77.8 Å². The molecule has 0 spiro atoms. The molecular formula is C16H22BrN3. The van der Waals surface area contributed by atoms with Crippen LogP contribution >= 0.6 is 15.9 Å². The highest BCUT2D eigenvalue weighted by atomic mass is 79.9. The highest BCUT2D eigenvalue weighted by molar-refractivity contribution is 9.10. The summed E-state index contributed by atoms with van der Waals surface area (Å²) in [6, 6.07) is 9.11. The van der Waals surface area contributed by atoms with Crippen LogP contribution in [0, 0.1) is 18.3 Å². The lowest BCUT2D eigenvalue weighted by Crippen LogP contribution is -2.62. The maximum atomic E-state index is 9.00. The Labute approximate surface area is 130 Å². The minimum Gasteiger partial charge on any atom is -0.364 e. The SMILES string of the molecule is Cc1cc(N2CC(CC#N)N(C)CC2(C)C)ccc1Br. The van der Waals surface area contributed by atoms with Crippen molar-refractivity contribution in [3.63, 3.8) is 0 Å². The first kappa shape index (κ1) is 15.3. The second kappa shape index (κ2) is 5.75. The van der Waals surface area contributed by atoms with E-state index in [-0.39, 0.29) is 5.54 Å². The molecular weight excluding hydrogens is 314 g/mol. The molecule has 1 aromatic rings. The van der Waals surface area contributed by atoms with Crippen LogP contribution in [0.25, 0.3) is 0 Å². The van der Waals surface area contributed by atoms with Crippen molar-refractivity contribution >= 4 is 21.6 Å². The number of aryl methyl sites for hydroxylation is 1. The van der Waals surface area contributed by atoms with Crippen LogP contribution in [0.1, 0.15) is 25.8 Å². The van der Waals surface area contributed by atoms with Crippen LogP contribution in [-0.2, 0) is 0 Å². The predicted octanol–water partition coefficient (Wildman–Crippen LogP) is 3.57. The number of likely N-dealkylation sites (N-methyl/N-ethyl adjacent to an activating group) is 1. The number of anilines is 1. The molecule has 108 valence electrons. The number of piperazine rings is 1. The summed E-state index contributed by atoms with van der Waals surface area (Å²) in [4.78, 5) is 4.75. The van der Waals surface area contributed by atoms with Gasteiger partial charge in [-0.1, -0.05) is 15.9 Å². The molecule has 1 unspecified atom stereocenters. The third kappa shape index (κ3) is 2.99. The van der Waals surface area contributed by atoms with Crippen molar-refractivity contribution in [2.75, 3.05) is 25.0 Å². The number of nitrogens with zero attached hydrogens (tertiary/aromatic N) is 3. The van der Waals surface area contributed by atoms with Gasteiger partial charge in [-0.3, -0.25) is 4.90 Å². The summed E-state index contributed by atoms with van der Waals surface area (Å²) < 4.78 is 1.14. The van der Waals surface area contributed by atoms with Crippen molar-refractivity contribution in [1.82, 2.24) is 4.90 Å². The second-order valence-electron chi connectivity index (χ2n) is 6.29. The van der Waals surface area contributed by atoms with Gasteiger partial charge in [-0.15, -0.1) is 0 Å². The van der Waals surface area contributed by atoms with Gasteiger partial charge in [0.15, 0.2) is 0 Å². The van der Waals surface area contributed by atoms with Crippen molar-refractivity contribution in [2.24, 2.45) is 0 Å². The highest BCUT2D eigenvalue weighted by Crippen LogP contribution is 2.32. The normalized spacial score (nSPS) is 22.6. The molecule has 0 N–H and O–H groups in total. The quantitative estimate of drug-likeness (QED) is 0.827. The maximum Gasteiger partial charge on any atom is 0.0638 e. The fourth-order valence-electron chi connectivity index (χ4n) is 3.00. The average molecular weight is 336 g/mol. The number of hydrogen-bond acceptors (Lipinski definition) is 3. The van der Waals surface area contributed by atoms with Crippen molar-refractivity contribution in [2.45, 2.75) is 38.8 Å². The molecule has 1 aromatic carbocycles. The summed E-state index contributed by atoms with van der Waals surface area (Å²) in [5, 5.41) is 9.00. The third-order valence-electron chi connectivity index (χ3n) is 4.16. The van der Waals surface area contributed by atoms with Crippen LogP contribution in [0.2, 0.25) is 0 Å². The van der Waals surface area contributed by atoms with E-state index in [0.717, 1.165) is 17.6 Å². The number of hydrogen-bond donors (Lipinski definition) is 0. The van der Waals surface area contributed by atoms with E-state index >= 15 is 0 Å². The minimum atomic E-state index is 0.0704. The fourth-order valence-corrected chi connectivity index (χ4v) is 3.25. The molecule has 0 saturated carbocycles. The van der Waals surface area contributed by atoms with E-state index < -0.39 is 0 Å². The van der Waals surface area contributed by atoms with E-state index in [9.17, 15) is 0 Å². The second-order valence-corrected chi connectivity index (χ2v) is 7.14. The lowest BCUT2D eigenvalue weighted by Gasteiger charge is -2.51. The Morgan fingerprint density at radius 2 is 2.15 bits per heavy atom. The van der Waals surface area contributed by atoms with E-state index in [4.69, 9.17) is 5.26 Å². The maximum absolute atomic E-state index is 9.00. The van der Waals surface area contributed by atoms with Gasteiger partial charge in [0.05, 0.1) is 12.5 Å². The molecule has 1 aliphatic rings. The van der Waals surface area contributed by atoms with E-state index in [0.29, 0.717) is 12.5 Å². The van der Waals surface area contributed by atoms with Crippen LogP contribution in [0.15, 0.2) is 22.7 Å². The fraction of sp³-hybridized carbons (Fsp3) is 0.562. The first-order valence-electron chi connectivity index (χ1n) is 6.96. The monoisotopic (exact) mass is 335 g/mol. The summed E-state index contributed by atoms with van der Waals surface area (Å²) in [6.07, 6.45) is 0.582. The van der Waals surface area contributed by atoms with Gasteiger partial charge in [-0.25, -0.2) is 0 Å². The summed E-state index contributed by atoms with van der Waals surface area (Å²) >= 11 is 3.56. The zero-order valence-corrected chi connectivity index (χ0v) is 14.2. The lowest BCUT2D eigenvalue weighted by atomic mass is 9.93. The first-order chi connectivity index (χ1) is 9.35. The number of benzene rings is 1. The molecule has 0 amide bonds. The molecule has 4 heteroatoms. The van der Waals surface area contributed by atoms with Crippen LogP contribution in [-0.4, -0.2) is 36.6 Å². The number of nitriles is 1. The van der Waals surface area contributed by atoms with Gasteiger partial charge in [0.1, 0.15) is 0 Å². The molecule has 0 aliphatic carbocycles. The van der Waals surface area contributed by atoms with Gasteiger partial charge in [0, 0.05) is 34.8 Å². The molecule has 2 rings (SSSR count). The van der Waals surface area contributed by atoms with Crippen molar-refractivity contribution in [1.29, 1.82) is 5.26 Å². The molecule has 1 saturated heterocycles. The summed E-state index contributed by atoms with van der Waals surface area (Å²) in [6.45, 7) is 8.52. The Balaban J connectivity index is 2.32. The molecule has 1 heterocycles. The zero-order valence-electron chi connectivity index (χ0n) is 12.7. The van der Waals surface area contributed by atoms with Crippen LogP contribution in [0.3, 0.4) is 0 Å². The Morgan fingerprint density at radius 3 is 2.75 bits per heavy atom.